The molecule has 1 aromatic carbocycles. The quantitative estimate of drug-likeness (QED) is 0.562. The first-order chi connectivity index (χ1) is 6.24. The Hall–Kier alpha value is -1.90. The van der Waals surface area contributed by atoms with E-state index in [9.17, 15) is 9.59 Å². The standard InChI is InChI=1S/C10H8O3/c11-6-2-4-8-3-1-5-9(7-8)10(12)13/h1-7H,(H,12,13)/b4-2+. The highest BCUT2D eigenvalue weighted by Crippen LogP contribution is 2.06. The summed E-state index contributed by atoms with van der Waals surface area (Å²) in [5.74, 6) is -0.971. The van der Waals surface area contributed by atoms with Crippen molar-refractivity contribution in [2.24, 2.45) is 0 Å². The van der Waals surface area contributed by atoms with E-state index in [1.54, 1.807) is 18.2 Å². The zero-order chi connectivity index (χ0) is 9.68. The van der Waals surface area contributed by atoms with Crippen molar-refractivity contribution in [3.05, 3.63) is 41.5 Å². The summed E-state index contributed by atoms with van der Waals surface area (Å²) in [4.78, 5) is 20.5. The second-order valence-electron chi connectivity index (χ2n) is 2.43. The van der Waals surface area contributed by atoms with Crippen LogP contribution in [0.5, 0.6) is 0 Å². The summed E-state index contributed by atoms with van der Waals surface area (Å²) in [5.41, 5.74) is 0.917. The van der Waals surface area contributed by atoms with Crippen LogP contribution in [-0.2, 0) is 4.79 Å². The molecule has 0 amide bonds. The van der Waals surface area contributed by atoms with Crippen molar-refractivity contribution in [2.45, 2.75) is 0 Å². The number of hydrogen-bond acceptors (Lipinski definition) is 2. The van der Waals surface area contributed by atoms with Gasteiger partial charge in [0, 0.05) is 0 Å². The van der Waals surface area contributed by atoms with Crippen LogP contribution in [0.4, 0.5) is 0 Å². The van der Waals surface area contributed by atoms with Crippen LogP contribution >= 0.6 is 0 Å². The van der Waals surface area contributed by atoms with Gasteiger partial charge in [0.25, 0.3) is 0 Å². The first-order valence-electron chi connectivity index (χ1n) is 3.69. The number of benzene rings is 1. The second-order valence-corrected chi connectivity index (χ2v) is 2.43. The van der Waals surface area contributed by atoms with E-state index in [4.69, 9.17) is 5.11 Å². The number of allylic oxidation sites excluding steroid dienone is 1. The molecule has 66 valence electrons. The summed E-state index contributed by atoms with van der Waals surface area (Å²) >= 11 is 0. The SMILES string of the molecule is O=C/C=C/c1cccc(C(=O)O)c1. The Labute approximate surface area is 75.3 Å². The molecule has 0 fully saturated rings. The lowest BCUT2D eigenvalue weighted by Crippen LogP contribution is -1.95. The lowest BCUT2D eigenvalue weighted by molar-refractivity contribution is -0.104. The van der Waals surface area contributed by atoms with Crippen molar-refractivity contribution in [3.63, 3.8) is 0 Å². The van der Waals surface area contributed by atoms with Crippen molar-refractivity contribution >= 4 is 18.3 Å². The van der Waals surface area contributed by atoms with E-state index in [2.05, 4.69) is 0 Å². The summed E-state index contributed by atoms with van der Waals surface area (Å²) in [6.45, 7) is 0. The molecule has 0 aromatic heterocycles. The molecule has 1 aromatic rings. The molecule has 13 heavy (non-hydrogen) atoms. The third kappa shape index (κ3) is 2.56. The van der Waals surface area contributed by atoms with Gasteiger partial charge in [0.2, 0.25) is 0 Å². The fourth-order valence-electron chi connectivity index (χ4n) is 0.926. The molecule has 0 aliphatic carbocycles. The van der Waals surface area contributed by atoms with E-state index in [-0.39, 0.29) is 5.56 Å². The molecule has 3 heteroatoms. The maximum Gasteiger partial charge on any atom is 0.335 e. The van der Waals surface area contributed by atoms with Gasteiger partial charge in [0.15, 0.2) is 0 Å². The third-order valence-electron chi connectivity index (χ3n) is 1.50. The van der Waals surface area contributed by atoms with Gasteiger partial charge in [0.1, 0.15) is 6.29 Å². The van der Waals surface area contributed by atoms with E-state index in [1.807, 2.05) is 0 Å². The largest absolute Gasteiger partial charge is 0.478 e. The molecule has 0 saturated heterocycles. The van der Waals surface area contributed by atoms with Crippen molar-refractivity contribution in [3.8, 4) is 0 Å². The van der Waals surface area contributed by atoms with Crippen LogP contribution in [0.15, 0.2) is 30.3 Å². The van der Waals surface area contributed by atoms with Gasteiger partial charge in [-0.25, -0.2) is 4.79 Å². The molecule has 1 N–H and O–H groups in total. The second kappa shape index (κ2) is 4.21. The van der Waals surface area contributed by atoms with Gasteiger partial charge in [-0.3, -0.25) is 4.79 Å². The average Bonchev–Trinajstić information content (AvgIpc) is 2.15. The number of hydrogen-bond donors (Lipinski definition) is 1. The topological polar surface area (TPSA) is 54.4 Å². The minimum atomic E-state index is -0.971. The number of rotatable bonds is 3. The first kappa shape index (κ1) is 9.19. The molecule has 0 aliphatic heterocycles. The molecule has 0 radical (unpaired) electrons. The van der Waals surface area contributed by atoms with Gasteiger partial charge in [0.05, 0.1) is 5.56 Å². The van der Waals surface area contributed by atoms with Gasteiger partial charge < -0.3 is 5.11 Å². The number of carbonyl (C=O) groups excluding carboxylic acids is 1. The Kier molecular flexibility index (Phi) is 2.97. The molecule has 0 saturated carbocycles. The average molecular weight is 176 g/mol. The predicted molar refractivity (Wildman–Crippen MR) is 48.5 cm³/mol. The maximum atomic E-state index is 10.5. The van der Waals surface area contributed by atoms with Crippen LogP contribution in [0.25, 0.3) is 6.08 Å². The molecule has 0 unspecified atom stereocenters. The van der Waals surface area contributed by atoms with Crippen LogP contribution in [0.1, 0.15) is 15.9 Å². The molecule has 0 heterocycles. The van der Waals surface area contributed by atoms with E-state index >= 15 is 0 Å². The van der Waals surface area contributed by atoms with Gasteiger partial charge in [-0.15, -0.1) is 0 Å². The molecule has 0 bridgehead atoms. The minimum Gasteiger partial charge on any atom is -0.478 e. The molecule has 0 spiro atoms. The molecular weight excluding hydrogens is 168 g/mol. The van der Waals surface area contributed by atoms with Crippen LogP contribution in [0.3, 0.4) is 0 Å². The molecular formula is C10H8O3. The van der Waals surface area contributed by atoms with E-state index < -0.39 is 5.97 Å². The number of carboxylic acid groups (broad SMARTS) is 1. The van der Waals surface area contributed by atoms with Gasteiger partial charge in [-0.1, -0.05) is 18.2 Å². The highest BCUT2D eigenvalue weighted by atomic mass is 16.4. The first-order valence-corrected chi connectivity index (χ1v) is 3.69. The Bertz CT molecular complexity index is 353. The molecule has 0 aliphatic rings. The lowest BCUT2D eigenvalue weighted by Gasteiger charge is -1.95. The van der Waals surface area contributed by atoms with E-state index in [0.717, 1.165) is 0 Å². The summed E-state index contributed by atoms with van der Waals surface area (Å²) in [6.07, 6.45) is 3.52. The number of carboxylic acids is 1. The summed E-state index contributed by atoms with van der Waals surface area (Å²) in [6, 6.07) is 6.36. The van der Waals surface area contributed by atoms with Gasteiger partial charge >= 0.3 is 5.97 Å². The predicted octanol–water partition coefficient (Wildman–Crippen LogP) is 1.60. The lowest BCUT2D eigenvalue weighted by atomic mass is 10.1. The van der Waals surface area contributed by atoms with Crippen LogP contribution < -0.4 is 0 Å². The van der Waals surface area contributed by atoms with Gasteiger partial charge in [-0.05, 0) is 23.8 Å². The summed E-state index contributed by atoms with van der Waals surface area (Å²) < 4.78 is 0. The van der Waals surface area contributed by atoms with Crippen molar-refractivity contribution in [2.75, 3.05) is 0 Å². The minimum absolute atomic E-state index is 0.216. The molecule has 0 atom stereocenters. The Morgan fingerprint density at radius 1 is 1.38 bits per heavy atom. The Balaban J connectivity index is 2.98. The smallest absolute Gasteiger partial charge is 0.335 e. The Morgan fingerprint density at radius 3 is 2.77 bits per heavy atom. The number of carbonyl (C=O) groups is 2. The van der Waals surface area contributed by atoms with Crippen molar-refractivity contribution in [1.29, 1.82) is 0 Å². The number of aromatic carboxylic acids is 1. The molecule has 1 rings (SSSR count). The zero-order valence-electron chi connectivity index (χ0n) is 6.81. The highest BCUT2D eigenvalue weighted by Gasteiger charge is 2.00. The van der Waals surface area contributed by atoms with Crippen molar-refractivity contribution in [1.82, 2.24) is 0 Å². The highest BCUT2D eigenvalue weighted by molar-refractivity contribution is 5.88. The van der Waals surface area contributed by atoms with E-state index in [0.29, 0.717) is 11.8 Å². The monoisotopic (exact) mass is 176 g/mol. The van der Waals surface area contributed by atoms with Crippen molar-refractivity contribution < 1.29 is 14.7 Å². The van der Waals surface area contributed by atoms with Crippen LogP contribution in [0, 0.1) is 0 Å². The fourth-order valence-corrected chi connectivity index (χ4v) is 0.926. The van der Waals surface area contributed by atoms with Crippen LogP contribution in [-0.4, -0.2) is 17.4 Å². The Morgan fingerprint density at radius 2 is 2.15 bits per heavy atom. The fraction of sp³-hybridized carbons (Fsp3) is 0. The normalized spacial score (nSPS) is 10.2. The maximum absolute atomic E-state index is 10.5. The summed E-state index contributed by atoms with van der Waals surface area (Å²) in [7, 11) is 0. The van der Waals surface area contributed by atoms with Gasteiger partial charge in [-0.2, -0.15) is 0 Å². The van der Waals surface area contributed by atoms with E-state index in [1.165, 1.54) is 18.2 Å². The third-order valence-corrected chi connectivity index (χ3v) is 1.50. The summed E-state index contributed by atoms with van der Waals surface area (Å²) in [5, 5.41) is 8.64. The number of aldehydes is 1. The molecule has 3 nitrogen and oxygen atoms in total. The zero-order valence-corrected chi connectivity index (χ0v) is 6.81. The van der Waals surface area contributed by atoms with Crippen LogP contribution in [0.2, 0.25) is 0 Å².